The molecule has 2 rings (SSSR count). The Hall–Kier alpha value is -1.35. The van der Waals surface area contributed by atoms with Gasteiger partial charge in [0.2, 0.25) is 0 Å². The molecule has 0 aliphatic rings. The van der Waals surface area contributed by atoms with Crippen molar-refractivity contribution in [3.05, 3.63) is 30.2 Å². The summed E-state index contributed by atoms with van der Waals surface area (Å²) < 4.78 is 5.66. The van der Waals surface area contributed by atoms with Gasteiger partial charge in [0.1, 0.15) is 5.52 Å². The van der Waals surface area contributed by atoms with Crippen LogP contribution in [-0.4, -0.2) is 10.5 Å². The topological polar surface area (TPSA) is 52.0 Å². The van der Waals surface area contributed by atoms with Crippen LogP contribution in [0.1, 0.15) is 32.6 Å². The van der Waals surface area contributed by atoms with E-state index in [9.17, 15) is 0 Å². The van der Waals surface area contributed by atoms with Gasteiger partial charge in [0.25, 0.3) is 0 Å². The summed E-state index contributed by atoms with van der Waals surface area (Å²) in [5, 5.41) is 0. The fourth-order valence-corrected chi connectivity index (χ4v) is 2.00. The number of benzene rings is 1. The molecule has 1 heterocycles. The summed E-state index contributed by atoms with van der Waals surface area (Å²) in [4.78, 5) is 4.43. The molecule has 0 fully saturated rings. The van der Waals surface area contributed by atoms with E-state index < -0.39 is 0 Å². The predicted molar refractivity (Wildman–Crippen MR) is 65.2 cm³/mol. The van der Waals surface area contributed by atoms with Crippen molar-refractivity contribution in [2.75, 3.05) is 0 Å². The number of nitrogens with two attached hydrogens (primary N) is 1. The second-order valence-corrected chi connectivity index (χ2v) is 4.66. The van der Waals surface area contributed by atoms with E-state index in [0.29, 0.717) is 6.42 Å². The Morgan fingerprint density at radius 1 is 1.38 bits per heavy atom. The molecular formula is C13H18N2O. The van der Waals surface area contributed by atoms with Crippen molar-refractivity contribution >= 4 is 11.1 Å². The Kier molecular flexibility index (Phi) is 2.97. The first-order valence-corrected chi connectivity index (χ1v) is 5.74. The van der Waals surface area contributed by atoms with Gasteiger partial charge in [-0.15, -0.1) is 0 Å². The molecule has 3 nitrogen and oxygen atoms in total. The van der Waals surface area contributed by atoms with Crippen LogP contribution in [0.15, 0.2) is 28.7 Å². The number of aromatic nitrogens is 1. The normalized spacial score (nSPS) is 15.2. The molecule has 0 amide bonds. The maximum absolute atomic E-state index is 6.18. The molecule has 1 aromatic carbocycles. The fraction of sp³-hybridized carbons (Fsp3) is 0.462. The average molecular weight is 218 g/mol. The zero-order valence-electron chi connectivity index (χ0n) is 9.86. The highest BCUT2D eigenvalue weighted by molar-refractivity contribution is 5.72. The minimum Gasteiger partial charge on any atom is -0.441 e. The first-order valence-electron chi connectivity index (χ1n) is 5.74. The molecule has 2 aromatic rings. The molecule has 3 heteroatoms. The van der Waals surface area contributed by atoms with Gasteiger partial charge in [-0.25, -0.2) is 4.98 Å². The number of hydrogen-bond acceptors (Lipinski definition) is 3. The Morgan fingerprint density at radius 3 is 2.81 bits per heavy atom. The highest BCUT2D eigenvalue weighted by atomic mass is 16.3. The van der Waals surface area contributed by atoms with Crippen LogP contribution in [0.2, 0.25) is 0 Å². The van der Waals surface area contributed by atoms with E-state index in [4.69, 9.17) is 10.2 Å². The molecule has 1 atom stereocenters. The van der Waals surface area contributed by atoms with Crippen LogP contribution in [0.5, 0.6) is 0 Å². The van der Waals surface area contributed by atoms with E-state index in [1.54, 1.807) is 0 Å². The Bertz CT molecular complexity index is 440. The summed E-state index contributed by atoms with van der Waals surface area (Å²) in [7, 11) is 0. The van der Waals surface area contributed by atoms with E-state index in [1.165, 1.54) is 0 Å². The smallest absolute Gasteiger partial charge is 0.197 e. The Labute approximate surface area is 95.7 Å². The van der Waals surface area contributed by atoms with Gasteiger partial charge < -0.3 is 10.2 Å². The molecule has 0 aliphatic carbocycles. The summed E-state index contributed by atoms with van der Waals surface area (Å²) in [6, 6.07) is 7.79. The Morgan fingerprint density at radius 2 is 2.12 bits per heavy atom. The summed E-state index contributed by atoms with van der Waals surface area (Å²) in [6.07, 6.45) is 2.74. The third kappa shape index (κ3) is 2.42. The SMILES string of the molecule is CCC[C@](C)(N)Cc1nc2ccccc2o1. The second kappa shape index (κ2) is 4.26. The second-order valence-electron chi connectivity index (χ2n) is 4.66. The van der Waals surface area contributed by atoms with Gasteiger partial charge in [-0.05, 0) is 25.5 Å². The van der Waals surface area contributed by atoms with Gasteiger partial charge in [-0.1, -0.05) is 25.5 Å². The predicted octanol–water partition coefficient (Wildman–Crippen LogP) is 2.89. The third-order valence-corrected chi connectivity index (χ3v) is 2.71. The number of oxazole rings is 1. The number of hydrogen-bond donors (Lipinski definition) is 1. The van der Waals surface area contributed by atoms with Crippen molar-refractivity contribution in [1.29, 1.82) is 0 Å². The largest absolute Gasteiger partial charge is 0.441 e. The molecule has 0 unspecified atom stereocenters. The standard InChI is InChI=1S/C13H18N2O/c1-3-8-13(2,14)9-12-15-10-6-4-5-7-11(10)16-12/h4-7H,3,8-9,14H2,1-2H3/t13-/m0/s1. The van der Waals surface area contributed by atoms with E-state index in [0.717, 1.165) is 29.8 Å². The zero-order chi connectivity index (χ0) is 11.6. The summed E-state index contributed by atoms with van der Waals surface area (Å²) >= 11 is 0. The van der Waals surface area contributed by atoms with Gasteiger partial charge in [0.15, 0.2) is 11.5 Å². The minimum atomic E-state index is -0.227. The van der Waals surface area contributed by atoms with Crippen LogP contribution < -0.4 is 5.73 Å². The molecule has 0 radical (unpaired) electrons. The highest BCUT2D eigenvalue weighted by Crippen LogP contribution is 2.20. The average Bonchev–Trinajstić information content (AvgIpc) is 2.58. The maximum Gasteiger partial charge on any atom is 0.197 e. The molecule has 0 saturated carbocycles. The molecule has 16 heavy (non-hydrogen) atoms. The molecule has 86 valence electrons. The molecular weight excluding hydrogens is 200 g/mol. The number of nitrogens with zero attached hydrogens (tertiary/aromatic N) is 1. The van der Waals surface area contributed by atoms with Gasteiger partial charge in [-0.3, -0.25) is 0 Å². The van der Waals surface area contributed by atoms with Crippen molar-refractivity contribution < 1.29 is 4.42 Å². The lowest BCUT2D eigenvalue weighted by atomic mass is 9.94. The van der Waals surface area contributed by atoms with Crippen molar-refractivity contribution in [2.24, 2.45) is 5.73 Å². The van der Waals surface area contributed by atoms with E-state index in [-0.39, 0.29) is 5.54 Å². The molecule has 0 aliphatic heterocycles. The summed E-state index contributed by atoms with van der Waals surface area (Å²) in [5.74, 6) is 0.736. The van der Waals surface area contributed by atoms with E-state index in [2.05, 4.69) is 11.9 Å². The first kappa shape index (κ1) is 11.1. The van der Waals surface area contributed by atoms with Crippen LogP contribution in [0.3, 0.4) is 0 Å². The molecule has 2 N–H and O–H groups in total. The van der Waals surface area contributed by atoms with Gasteiger partial charge in [0, 0.05) is 12.0 Å². The van der Waals surface area contributed by atoms with E-state index in [1.807, 2.05) is 31.2 Å². The first-order chi connectivity index (χ1) is 7.61. The highest BCUT2D eigenvalue weighted by Gasteiger charge is 2.21. The van der Waals surface area contributed by atoms with Crippen LogP contribution in [0.4, 0.5) is 0 Å². The monoisotopic (exact) mass is 218 g/mol. The molecule has 0 spiro atoms. The van der Waals surface area contributed by atoms with Gasteiger partial charge >= 0.3 is 0 Å². The quantitative estimate of drug-likeness (QED) is 0.858. The lowest BCUT2D eigenvalue weighted by Gasteiger charge is -2.21. The number of rotatable bonds is 4. The van der Waals surface area contributed by atoms with Gasteiger partial charge in [0.05, 0.1) is 0 Å². The Balaban J connectivity index is 2.21. The van der Waals surface area contributed by atoms with Crippen molar-refractivity contribution in [1.82, 2.24) is 4.98 Å². The van der Waals surface area contributed by atoms with Crippen molar-refractivity contribution in [3.63, 3.8) is 0 Å². The minimum absolute atomic E-state index is 0.227. The maximum atomic E-state index is 6.18. The molecule has 1 aromatic heterocycles. The fourth-order valence-electron chi connectivity index (χ4n) is 2.00. The van der Waals surface area contributed by atoms with Crippen LogP contribution >= 0.6 is 0 Å². The molecule has 0 saturated heterocycles. The lowest BCUT2D eigenvalue weighted by Crippen LogP contribution is -2.38. The lowest BCUT2D eigenvalue weighted by molar-refractivity contribution is 0.379. The van der Waals surface area contributed by atoms with E-state index >= 15 is 0 Å². The van der Waals surface area contributed by atoms with Crippen LogP contribution in [0, 0.1) is 0 Å². The number of para-hydroxylation sites is 2. The number of fused-ring (bicyclic) bond motifs is 1. The zero-order valence-corrected chi connectivity index (χ0v) is 9.86. The molecule has 0 bridgehead atoms. The van der Waals surface area contributed by atoms with Crippen molar-refractivity contribution in [3.8, 4) is 0 Å². The van der Waals surface area contributed by atoms with Gasteiger partial charge in [-0.2, -0.15) is 0 Å². The summed E-state index contributed by atoms with van der Waals surface area (Å²) in [5.41, 5.74) is 7.70. The third-order valence-electron chi connectivity index (χ3n) is 2.71. The van der Waals surface area contributed by atoms with Crippen LogP contribution in [-0.2, 0) is 6.42 Å². The van der Waals surface area contributed by atoms with Crippen LogP contribution in [0.25, 0.3) is 11.1 Å². The van der Waals surface area contributed by atoms with Crippen molar-refractivity contribution in [2.45, 2.75) is 38.6 Å². The summed E-state index contributed by atoms with van der Waals surface area (Å²) in [6.45, 7) is 4.18.